The summed E-state index contributed by atoms with van der Waals surface area (Å²) in [5.74, 6) is -0.284. The number of carbonyl (C=O) groups is 1. The molecule has 0 saturated carbocycles. The molecule has 2 N–H and O–H groups in total. The number of benzene rings is 1. The number of hydrogen-bond acceptors (Lipinski definition) is 4. The van der Waals surface area contributed by atoms with E-state index in [2.05, 4.69) is 10.6 Å². The number of nitrogens with one attached hydrogen (secondary N) is 2. The van der Waals surface area contributed by atoms with Gasteiger partial charge in [0, 0.05) is 11.4 Å². The third-order valence-corrected chi connectivity index (χ3v) is 5.79. The van der Waals surface area contributed by atoms with Crippen LogP contribution in [0.25, 0.3) is 0 Å². The lowest BCUT2D eigenvalue weighted by atomic mass is 10.1. The van der Waals surface area contributed by atoms with Gasteiger partial charge in [-0.2, -0.15) is 0 Å². The maximum absolute atomic E-state index is 12.3. The van der Waals surface area contributed by atoms with Crippen LogP contribution in [0.4, 0.5) is 5.00 Å². The van der Waals surface area contributed by atoms with Gasteiger partial charge in [0.05, 0.1) is 12.7 Å². The van der Waals surface area contributed by atoms with Gasteiger partial charge in [0.15, 0.2) is 5.11 Å². The molecule has 25 heavy (non-hydrogen) atoms. The summed E-state index contributed by atoms with van der Waals surface area (Å²) >= 11 is 7.05. The number of thiocarbonyl (C=S) groups is 1. The molecule has 0 spiro atoms. The molecule has 132 valence electrons. The number of rotatable bonds is 4. The Hall–Kier alpha value is -1.92. The average Bonchev–Trinajstić information content (AvgIpc) is 2.81. The van der Waals surface area contributed by atoms with E-state index in [-0.39, 0.29) is 5.97 Å². The van der Waals surface area contributed by atoms with Gasteiger partial charge >= 0.3 is 5.97 Å². The van der Waals surface area contributed by atoms with E-state index in [4.69, 9.17) is 17.0 Å². The van der Waals surface area contributed by atoms with Gasteiger partial charge in [-0.05, 0) is 49.0 Å². The lowest BCUT2D eigenvalue weighted by Crippen LogP contribution is -2.28. The van der Waals surface area contributed by atoms with Gasteiger partial charge in [-0.3, -0.25) is 0 Å². The van der Waals surface area contributed by atoms with E-state index in [1.165, 1.54) is 24.8 Å². The number of thiophene rings is 1. The molecule has 0 fully saturated rings. The predicted molar refractivity (Wildman–Crippen MR) is 106 cm³/mol. The molecule has 1 aliphatic rings. The minimum Gasteiger partial charge on any atom is -0.465 e. The van der Waals surface area contributed by atoms with Crippen LogP contribution in [-0.2, 0) is 24.1 Å². The highest BCUT2D eigenvalue weighted by molar-refractivity contribution is 7.80. The number of fused-ring (bicyclic) bond motifs is 1. The van der Waals surface area contributed by atoms with Gasteiger partial charge in [-0.15, -0.1) is 11.3 Å². The first-order valence-electron chi connectivity index (χ1n) is 8.50. The number of carbonyl (C=O) groups excluding carboxylic acids is 1. The summed E-state index contributed by atoms with van der Waals surface area (Å²) in [6.07, 6.45) is 5.45. The first kappa shape index (κ1) is 17.9. The van der Waals surface area contributed by atoms with E-state index in [1.807, 2.05) is 30.3 Å². The quantitative estimate of drug-likeness (QED) is 0.475. The first-order chi connectivity index (χ1) is 12.2. The van der Waals surface area contributed by atoms with Crippen LogP contribution < -0.4 is 10.6 Å². The molecule has 1 aromatic heterocycles. The molecule has 0 bridgehead atoms. The van der Waals surface area contributed by atoms with Crippen molar-refractivity contribution in [1.82, 2.24) is 5.32 Å². The molecule has 3 rings (SSSR count). The van der Waals surface area contributed by atoms with Crippen LogP contribution in [0.15, 0.2) is 30.3 Å². The zero-order chi connectivity index (χ0) is 17.6. The molecule has 6 heteroatoms. The largest absolute Gasteiger partial charge is 0.465 e. The number of methoxy groups -OCH3 is 1. The Balaban J connectivity index is 1.74. The van der Waals surface area contributed by atoms with E-state index in [9.17, 15) is 4.79 Å². The van der Waals surface area contributed by atoms with Crippen molar-refractivity contribution >= 4 is 39.6 Å². The number of esters is 1. The highest BCUT2D eigenvalue weighted by atomic mass is 32.1. The molecule has 0 radical (unpaired) electrons. The van der Waals surface area contributed by atoms with Crippen molar-refractivity contribution in [3.8, 4) is 0 Å². The zero-order valence-corrected chi connectivity index (χ0v) is 15.9. The lowest BCUT2D eigenvalue weighted by Gasteiger charge is -2.11. The minimum atomic E-state index is -0.284. The molecule has 0 saturated heterocycles. The fourth-order valence-electron chi connectivity index (χ4n) is 3.07. The molecule has 2 aromatic rings. The van der Waals surface area contributed by atoms with Gasteiger partial charge in [0.2, 0.25) is 0 Å². The highest BCUT2D eigenvalue weighted by Gasteiger charge is 2.25. The fraction of sp³-hybridized carbons (Fsp3) is 0.368. The smallest absolute Gasteiger partial charge is 0.341 e. The molecule has 1 aliphatic carbocycles. The van der Waals surface area contributed by atoms with Crippen LogP contribution >= 0.6 is 23.6 Å². The Bertz CT molecular complexity index is 756. The maximum atomic E-state index is 12.3. The van der Waals surface area contributed by atoms with Crippen LogP contribution in [0, 0.1) is 0 Å². The summed E-state index contributed by atoms with van der Waals surface area (Å²) in [4.78, 5) is 13.6. The topological polar surface area (TPSA) is 50.4 Å². The van der Waals surface area contributed by atoms with Crippen LogP contribution in [0.3, 0.4) is 0 Å². The lowest BCUT2D eigenvalue weighted by molar-refractivity contribution is 0.0601. The first-order valence-corrected chi connectivity index (χ1v) is 9.73. The minimum absolute atomic E-state index is 0.284. The molecular formula is C19H22N2O2S2. The second-order valence-corrected chi connectivity index (χ2v) is 7.57. The Kier molecular flexibility index (Phi) is 6.04. The number of anilines is 1. The SMILES string of the molecule is COC(=O)c1c(NC(=S)NCc2ccccc2)sc2c1CCCCC2. The van der Waals surface area contributed by atoms with E-state index in [0.29, 0.717) is 17.2 Å². The van der Waals surface area contributed by atoms with Crippen molar-refractivity contribution in [3.63, 3.8) is 0 Å². The van der Waals surface area contributed by atoms with Crippen molar-refractivity contribution in [2.45, 2.75) is 38.6 Å². The molecule has 0 unspecified atom stereocenters. The molecule has 1 aromatic carbocycles. The van der Waals surface area contributed by atoms with Gasteiger partial charge in [0.25, 0.3) is 0 Å². The third kappa shape index (κ3) is 4.38. The summed E-state index contributed by atoms with van der Waals surface area (Å²) in [7, 11) is 1.43. The predicted octanol–water partition coefficient (Wildman–Crippen LogP) is 4.29. The van der Waals surface area contributed by atoms with E-state index in [1.54, 1.807) is 11.3 Å². The van der Waals surface area contributed by atoms with Gasteiger partial charge in [-0.25, -0.2) is 4.79 Å². The van der Waals surface area contributed by atoms with Crippen LogP contribution in [0.1, 0.15) is 45.6 Å². The summed E-state index contributed by atoms with van der Waals surface area (Å²) in [6, 6.07) is 10.1. The van der Waals surface area contributed by atoms with Crippen LogP contribution in [-0.4, -0.2) is 18.2 Å². The third-order valence-electron chi connectivity index (χ3n) is 4.33. The van der Waals surface area contributed by atoms with Crippen molar-refractivity contribution in [2.75, 3.05) is 12.4 Å². The number of ether oxygens (including phenoxy) is 1. The Morgan fingerprint density at radius 1 is 1.20 bits per heavy atom. The van der Waals surface area contributed by atoms with Gasteiger partial charge < -0.3 is 15.4 Å². The van der Waals surface area contributed by atoms with Crippen molar-refractivity contribution in [1.29, 1.82) is 0 Å². The second-order valence-electron chi connectivity index (χ2n) is 6.05. The molecule has 0 atom stereocenters. The number of aryl methyl sites for hydroxylation is 1. The monoisotopic (exact) mass is 374 g/mol. The fourth-order valence-corrected chi connectivity index (χ4v) is 4.59. The normalized spacial score (nSPS) is 13.5. The molecule has 1 heterocycles. The Morgan fingerprint density at radius 3 is 2.72 bits per heavy atom. The van der Waals surface area contributed by atoms with E-state index >= 15 is 0 Å². The molecular weight excluding hydrogens is 352 g/mol. The van der Waals surface area contributed by atoms with Gasteiger partial charge in [0.1, 0.15) is 5.00 Å². The maximum Gasteiger partial charge on any atom is 0.341 e. The average molecular weight is 375 g/mol. The highest BCUT2D eigenvalue weighted by Crippen LogP contribution is 2.37. The standard InChI is InChI=1S/C19H22N2O2S2/c1-23-18(22)16-14-10-6-3-7-11-15(14)25-17(16)21-19(24)20-12-13-8-4-2-5-9-13/h2,4-5,8-9H,3,6-7,10-12H2,1H3,(H2,20,21,24). The van der Waals surface area contributed by atoms with Crippen LogP contribution in [0.5, 0.6) is 0 Å². The number of hydrogen-bond donors (Lipinski definition) is 2. The van der Waals surface area contributed by atoms with Crippen molar-refractivity contribution < 1.29 is 9.53 Å². The summed E-state index contributed by atoms with van der Waals surface area (Å²) < 4.78 is 5.02. The Morgan fingerprint density at radius 2 is 1.96 bits per heavy atom. The summed E-state index contributed by atoms with van der Waals surface area (Å²) in [5, 5.41) is 7.73. The van der Waals surface area contributed by atoms with Crippen molar-refractivity contribution in [2.24, 2.45) is 0 Å². The van der Waals surface area contributed by atoms with E-state index in [0.717, 1.165) is 35.4 Å². The van der Waals surface area contributed by atoms with Crippen LogP contribution in [0.2, 0.25) is 0 Å². The van der Waals surface area contributed by atoms with E-state index < -0.39 is 0 Å². The molecule has 4 nitrogen and oxygen atoms in total. The van der Waals surface area contributed by atoms with Gasteiger partial charge in [-0.1, -0.05) is 36.8 Å². The molecule has 0 aliphatic heterocycles. The van der Waals surface area contributed by atoms with Crippen molar-refractivity contribution in [3.05, 3.63) is 51.9 Å². The molecule has 0 amide bonds. The summed E-state index contributed by atoms with van der Waals surface area (Å²) in [6.45, 7) is 0.644. The Labute approximate surface area is 157 Å². The second kappa shape index (κ2) is 8.45. The summed E-state index contributed by atoms with van der Waals surface area (Å²) in [5.41, 5.74) is 2.96. The zero-order valence-electron chi connectivity index (χ0n) is 14.3.